The number of rotatable bonds is 5. The molecule has 3 heteroatoms. The fraction of sp³-hybridized carbons (Fsp3) is 0.462. The summed E-state index contributed by atoms with van der Waals surface area (Å²) in [6, 6.07) is 10.2. The maximum absolute atomic E-state index is 8.88. The first-order valence-electron chi connectivity index (χ1n) is 5.27. The van der Waals surface area contributed by atoms with E-state index in [2.05, 4.69) is 22.0 Å². The van der Waals surface area contributed by atoms with Crippen LogP contribution in [0.5, 0.6) is 5.75 Å². The molecule has 0 heterocycles. The number of nitriles is 1. The van der Waals surface area contributed by atoms with E-state index < -0.39 is 0 Å². The average molecular weight is 282 g/mol. The van der Waals surface area contributed by atoms with Gasteiger partial charge >= 0.3 is 0 Å². The summed E-state index contributed by atoms with van der Waals surface area (Å²) in [5.41, 5.74) is 0.820. The largest absolute Gasteiger partial charge is 0.493 e. The number of alkyl halides is 1. The molecule has 0 saturated carbocycles. The molecule has 0 aliphatic rings. The number of hydrogen-bond acceptors (Lipinski definition) is 2. The Morgan fingerprint density at radius 2 is 2.06 bits per heavy atom. The van der Waals surface area contributed by atoms with Crippen LogP contribution in [0.1, 0.15) is 25.8 Å². The number of nitrogens with zero attached hydrogens (tertiary/aromatic N) is 1. The van der Waals surface area contributed by atoms with Crippen molar-refractivity contribution in [3.63, 3.8) is 0 Å². The van der Waals surface area contributed by atoms with Gasteiger partial charge in [0.1, 0.15) is 5.75 Å². The van der Waals surface area contributed by atoms with Crippen LogP contribution in [0.2, 0.25) is 0 Å². The average Bonchev–Trinajstić information content (AvgIpc) is 2.29. The molecule has 0 atom stereocenters. The molecule has 0 amide bonds. The molecule has 1 aromatic carbocycles. The van der Waals surface area contributed by atoms with Crippen molar-refractivity contribution < 1.29 is 4.74 Å². The van der Waals surface area contributed by atoms with Crippen LogP contribution in [-0.2, 0) is 5.33 Å². The smallest absolute Gasteiger partial charge is 0.123 e. The molecule has 1 aromatic rings. The lowest BCUT2D eigenvalue weighted by atomic mass is 9.92. The number of benzene rings is 1. The van der Waals surface area contributed by atoms with E-state index in [0.717, 1.165) is 23.1 Å². The standard InChI is InChI=1S/C13H16BrNO/c1-13(2,10-15)7-8-16-12-6-4-3-5-11(12)9-14/h3-6H,7-9H2,1-2H3. The number of hydrogen-bond donors (Lipinski definition) is 0. The summed E-state index contributed by atoms with van der Waals surface area (Å²) < 4.78 is 5.68. The maximum atomic E-state index is 8.88. The molecule has 16 heavy (non-hydrogen) atoms. The van der Waals surface area contributed by atoms with E-state index in [4.69, 9.17) is 10.00 Å². The lowest BCUT2D eigenvalue weighted by molar-refractivity contribution is 0.263. The molecule has 0 N–H and O–H groups in total. The Balaban J connectivity index is 2.53. The minimum Gasteiger partial charge on any atom is -0.493 e. The van der Waals surface area contributed by atoms with Gasteiger partial charge in [-0.25, -0.2) is 0 Å². The summed E-state index contributed by atoms with van der Waals surface area (Å²) in [6.45, 7) is 4.42. The van der Waals surface area contributed by atoms with Gasteiger partial charge in [0.2, 0.25) is 0 Å². The third-order valence-electron chi connectivity index (χ3n) is 2.40. The molecule has 1 rings (SSSR count). The minimum atomic E-state index is -0.316. The summed E-state index contributed by atoms with van der Waals surface area (Å²) in [5.74, 6) is 0.896. The van der Waals surface area contributed by atoms with Crippen molar-refractivity contribution in [1.29, 1.82) is 5.26 Å². The van der Waals surface area contributed by atoms with Crippen LogP contribution >= 0.6 is 15.9 Å². The first-order chi connectivity index (χ1) is 7.59. The van der Waals surface area contributed by atoms with Crippen molar-refractivity contribution in [3.05, 3.63) is 29.8 Å². The van der Waals surface area contributed by atoms with Gasteiger partial charge in [0.05, 0.1) is 18.1 Å². The molecule has 0 aliphatic heterocycles. The minimum absolute atomic E-state index is 0.316. The van der Waals surface area contributed by atoms with Crippen LogP contribution in [0.15, 0.2) is 24.3 Å². The second kappa shape index (κ2) is 5.91. The Morgan fingerprint density at radius 1 is 1.38 bits per heavy atom. The summed E-state index contributed by atoms with van der Waals surface area (Å²) >= 11 is 3.42. The van der Waals surface area contributed by atoms with Gasteiger partial charge in [-0.05, 0) is 26.3 Å². The zero-order valence-corrected chi connectivity index (χ0v) is 11.3. The van der Waals surface area contributed by atoms with Crippen molar-refractivity contribution in [2.75, 3.05) is 6.61 Å². The van der Waals surface area contributed by atoms with Gasteiger partial charge in [0.25, 0.3) is 0 Å². The van der Waals surface area contributed by atoms with Crippen LogP contribution in [0, 0.1) is 16.7 Å². The quantitative estimate of drug-likeness (QED) is 0.767. The van der Waals surface area contributed by atoms with Crippen molar-refractivity contribution in [1.82, 2.24) is 0 Å². The van der Waals surface area contributed by atoms with Gasteiger partial charge in [-0.3, -0.25) is 0 Å². The SMILES string of the molecule is CC(C)(C#N)CCOc1ccccc1CBr. The first kappa shape index (κ1) is 13.1. The molecule has 0 aliphatic carbocycles. The van der Waals surface area contributed by atoms with Crippen LogP contribution in [0.3, 0.4) is 0 Å². The highest BCUT2D eigenvalue weighted by atomic mass is 79.9. The third-order valence-corrected chi connectivity index (χ3v) is 3.01. The lowest BCUT2D eigenvalue weighted by Gasteiger charge is -2.16. The van der Waals surface area contributed by atoms with Crippen molar-refractivity contribution in [3.8, 4) is 11.8 Å². The zero-order valence-electron chi connectivity index (χ0n) is 9.66. The van der Waals surface area contributed by atoms with Gasteiger partial charge in [0, 0.05) is 10.9 Å². The van der Waals surface area contributed by atoms with Crippen LogP contribution in [-0.4, -0.2) is 6.61 Å². The summed E-state index contributed by atoms with van der Waals surface area (Å²) in [5, 5.41) is 9.66. The number of ether oxygens (including phenoxy) is 1. The highest BCUT2D eigenvalue weighted by molar-refractivity contribution is 9.08. The molecule has 0 fully saturated rings. The van der Waals surface area contributed by atoms with Gasteiger partial charge in [-0.15, -0.1) is 0 Å². The zero-order chi connectivity index (χ0) is 12.0. The molecular weight excluding hydrogens is 266 g/mol. The Kier molecular flexibility index (Phi) is 4.82. The Hall–Kier alpha value is -1.01. The van der Waals surface area contributed by atoms with Gasteiger partial charge in [-0.2, -0.15) is 5.26 Å². The monoisotopic (exact) mass is 281 g/mol. The van der Waals surface area contributed by atoms with E-state index in [-0.39, 0.29) is 5.41 Å². The maximum Gasteiger partial charge on any atom is 0.123 e. The Bertz CT molecular complexity index is 382. The van der Waals surface area contributed by atoms with E-state index in [0.29, 0.717) is 6.61 Å². The van der Waals surface area contributed by atoms with Crippen molar-refractivity contribution >= 4 is 15.9 Å². The molecule has 0 aromatic heterocycles. The number of para-hydroxylation sites is 1. The van der Waals surface area contributed by atoms with Crippen LogP contribution in [0.4, 0.5) is 0 Å². The van der Waals surface area contributed by atoms with Gasteiger partial charge < -0.3 is 4.74 Å². The van der Waals surface area contributed by atoms with Crippen molar-refractivity contribution in [2.45, 2.75) is 25.6 Å². The molecule has 0 saturated heterocycles. The molecule has 0 bridgehead atoms. The predicted molar refractivity (Wildman–Crippen MR) is 68.6 cm³/mol. The van der Waals surface area contributed by atoms with Crippen molar-refractivity contribution in [2.24, 2.45) is 5.41 Å². The Morgan fingerprint density at radius 3 is 2.69 bits per heavy atom. The van der Waals surface area contributed by atoms with Gasteiger partial charge in [-0.1, -0.05) is 34.1 Å². The molecular formula is C13H16BrNO. The summed E-state index contributed by atoms with van der Waals surface area (Å²) in [4.78, 5) is 0. The molecule has 0 spiro atoms. The molecule has 0 unspecified atom stereocenters. The highest BCUT2D eigenvalue weighted by Crippen LogP contribution is 2.23. The van der Waals surface area contributed by atoms with E-state index in [1.54, 1.807) is 0 Å². The Labute approximate surface area is 105 Å². The lowest BCUT2D eigenvalue weighted by Crippen LogP contribution is -2.13. The van der Waals surface area contributed by atoms with E-state index in [9.17, 15) is 0 Å². The highest BCUT2D eigenvalue weighted by Gasteiger charge is 2.16. The predicted octanol–water partition coefficient (Wildman–Crippen LogP) is 3.90. The molecule has 0 radical (unpaired) electrons. The molecule has 2 nitrogen and oxygen atoms in total. The second-order valence-electron chi connectivity index (χ2n) is 4.34. The normalized spacial score (nSPS) is 10.9. The van der Waals surface area contributed by atoms with Gasteiger partial charge in [0.15, 0.2) is 0 Å². The topological polar surface area (TPSA) is 33.0 Å². The van der Waals surface area contributed by atoms with E-state index >= 15 is 0 Å². The fourth-order valence-corrected chi connectivity index (χ4v) is 1.69. The summed E-state index contributed by atoms with van der Waals surface area (Å²) in [7, 11) is 0. The fourth-order valence-electron chi connectivity index (χ4n) is 1.23. The third kappa shape index (κ3) is 3.86. The van der Waals surface area contributed by atoms with E-state index in [1.165, 1.54) is 0 Å². The van der Waals surface area contributed by atoms with Crippen LogP contribution in [0.25, 0.3) is 0 Å². The van der Waals surface area contributed by atoms with E-state index in [1.807, 2.05) is 38.1 Å². The van der Waals surface area contributed by atoms with Crippen LogP contribution < -0.4 is 4.74 Å². The first-order valence-corrected chi connectivity index (χ1v) is 6.39. The summed E-state index contributed by atoms with van der Waals surface area (Å²) in [6.07, 6.45) is 0.736. The second-order valence-corrected chi connectivity index (χ2v) is 4.90. The number of halogens is 1. The molecule has 86 valence electrons.